The Kier molecular flexibility index (Phi) is 8.07. The van der Waals surface area contributed by atoms with E-state index < -0.39 is 35.5 Å². The predicted octanol–water partition coefficient (Wildman–Crippen LogP) is 5.42. The number of pyridine rings is 2. The van der Waals surface area contributed by atoms with Gasteiger partial charge >= 0.3 is 6.09 Å². The lowest BCUT2D eigenvalue weighted by atomic mass is 9.97. The van der Waals surface area contributed by atoms with Crippen LogP contribution in [0.5, 0.6) is 5.75 Å². The SMILES string of the molecule is COc1cccc(F)c1-c1nc2c(cc1Cl)c1c(c(=O)n2-c2c(C(C)C)ncnc2C(C)C)N(C)C(=O)[C@H]2CN(C(=O)O)[C@H](C)CN12. The Balaban J connectivity index is 1.80. The number of carbonyl (C=O) groups is 2. The molecule has 6 rings (SSSR count). The van der Waals surface area contributed by atoms with Gasteiger partial charge in [0.1, 0.15) is 29.6 Å². The third kappa shape index (κ3) is 4.95. The maximum atomic E-state index is 15.5. The summed E-state index contributed by atoms with van der Waals surface area (Å²) in [5, 5.41) is 10.4. The lowest BCUT2D eigenvalue weighted by Gasteiger charge is -2.49. The number of likely N-dealkylation sites (N-methyl/N-ethyl adjacent to an activating group) is 1. The van der Waals surface area contributed by atoms with Crippen molar-refractivity contribution in [3.63, 3.8) is 0 Å². The molecule has 0 spiro atoms. The van der Waals surface area contributed by atoms with E-state index in [1.807, 2.05) is 27.7 Å². The molecule has 1 fully saturated rings. The number of nitrogens with zero attached hydrogens (tertiary/aromatic N) is 7. The van der Waals surface area contributed by atoms with Crippen LogP contribution in [0.4, 0.5) is 20.6 Å². The summed E-state index contributed by atoms with van der Waals surface area (Å²) in [6.45, 7) is 9.57. The quantitative estimate of drug-likeness (QED) is 0.297. The zero-order chi connectivity index (χ0) is 34.1. The van der Waals surface area contributed by atoms with Crippen molar-refractivity contribution in [2.75, 3.05) is 37.0 Å². The van der Waals surface area contributed by atoms with Gasteiger partial charge in [0.2, 0.25) is 0 Å². The minimum absolute atomic E-state index is 0.0185. The molecule has 1 aromatic carbocycles. The Morgan fingerprint density at radius 2 is 1.72 bits per heavy atom. The van der Waals surface area contributed by atoms with Crippen molar-refractivity contribution in [1.29, 1.82) is 0 Å². The molecule has 3 aromatic heterocycles. The first-order valence-electron chi connectivity index (χ1n) is 15.3. The summed E-state index contributed by atoms with van der Waals surface area (Å²) < 4.78 is 22.4. The maximum absolute atomic E-state index is 15.5. The molecule has 5 heterocycles. The molecule has 246 valence electrons. The molecule has 14 heteroatoms. The first kappa shape index (κ1) is 32.2. The average molecular weight is 664 g/mol. The van der Waals surface area contributed by atoms with Crippen LogP contribution in [0, 0.1) is 5.82 Å². The Morgan fingerprint density at radius 1 is 1.06 bits per heavy atom. The zero-order valence-electron chi connectivity index (χ0n) is 27.1. The molecule has 0 unspecified atom stereocenters. The highest BCUT2D eigenvalue weighted by molar-refractivity contribution is 6.34. The Labute approximate surface area is 275 Å². The van der Waals surface area contributed by atoms with Crippen molar-refractivity contribution < 1.29 is 23.8 Å². The standard InChI is InChI=1S/C33H35ClFN7O5/c1-15(2)24-28(25(16(3)4)37-14-36-24)42-30-18(11-19(34)26(38-30)23-20(35)9-8-10-22(23)47-7)27-29(32(42)44)39(6)31(43)21-13-40(33(45)46)17(5)12-41(21)27/h8-11,14-17,21H,12-13H2,1-7H3,(H,45,46)/t17-,21-/m1/s1. The van der Waals surface area contributed by atoms with Crippen molar-refractivity contribution in [1.82, 2.24) is 24.4 Å². The molecule has 0 radical (unpaired) electrons. The smallest absolute Gasteiger partial charge is 0.407 e. The molecule has 47 heavy (non-hydrogen) atoms. The van der Waals surface area contributed by atoms with E-state index in [0.29, 0.717) is 28.1 Å². The highest BCUT2D eigenvalue weighted by atomic mass is 35.5. The average Bonchev–Trinajstić information content (AvgIpc) is 3.02. The van der Waals surface area contributed by atoms with E-state index in [2.05, 4.69) is 9.97 Å². The second-order valence-corrected chi connectivity index (χ2v) is 12.9. The van der Waals surface area contributed by atoms with Crippen LogP contribution in [0.3, 0.4) is 0 Å². The van der Waals surface area contributed by atoms with Crippen LogP contribution in [-0.4, -0.2) is 80.9 Å². The number of rotatable bonds is 5. The van der Waals surface area contributed by atoms with Gasteiger partial charge in [-0.2, -0.15) is 0 Å². The van der Waals surface area contributed by atoms with Gasteiger partial charge in [0.05, 0.1) is 52.7 Å². The highest BCUT2D eigenvalue weighted by Crippen LogP contribution is 2.45. The van der Waals surface area contributed by atoms with E-state index in [-0.39, 0.29) is 58.3 Å². The molecule has 12 nitrogen and oxygen atoms in total. The van der Waals surface area contributed by atoms with Gasteiger partial charge in [0, 0.05) is 25.0 Å². The van der Waals surface area contributed by atoms with Gasteiger partial charge in [-0.15, -0.1) is 0 Å². The van der Waals surface area contributed by atoms with Gasteiger partial charge in [-0.25, -0.2) is 24.1 Å². The van der Waals surface area contributed by atoms with Gasteiger partial charge in [0.15, 0.2) is 5.65 Å². The lowest BCUT2D eigenvalue weighted by molar-refractivity contribution is -0.120. The molecular formula is C33H35ClFN7O5. The van der Waals surface area contributed by atoms with E-state index in [1.165, 1.54) is 47.0 Å². The number of methoxy groups -OCH3 is 1. The molecule has 2 aliphatic rings. The molecule has 0 bridgehead atoms. The Bertz CT molecular complexity index is 1990. The van der Waals surface area contributed by atoms with Crippen molar-refractivity contribution in [3.8, 4) is 22.7 Å². The second kappa shape index (κ2) is 11.8. The number of aromatic nitrogens is 4. The normalized spacial score (nSPS) is 17.9. The van der Waals surface area contributed by atoms with Gasteiger partial charge in [-0.1, -0.05) is 45.4 Å². The summed E-state index contributed by atoms with van der Waals surface area (Å²) >= 11 is 6.93. The summed E-state index contributed by atoms with van der Waals surface area (Å²) in [5.74, 6) is -1.14. The molecule has 0 aliphatic carbocycles. The minimum atomic E-state index is -1.14. The summed E-state index contributed by atoms with van der Waals surface area (Å²) in [4.78, 5) is 59.3. The summed E-state index contributed by atoms with van der Waals surface area (Å²) in [5.41, 5.74) is 1.71. The number of carbonyl (C=O) groups excluding carboxylic acids is 1. The largest absolute Gasteiger partial charge is 0.496 e. The third-order valence-corrected chi connectivity index (χ3v) is 9.19. The highest BCUT2D eigenvalue weighted by Gasteiger charge is 2.46. The number of hydrogen-bond donors (Lipinski definition) is 1. The van der Waals surface area contributed by atoms with E-state index in [1.54, 1.807) is 24.0 Å². The van der Waals surface area contributed by atoms with Gasteiger partial charge in [-0.3, -0.25) is 14.2 Å². The van der Waals surface area contributed by atoms with Crippen molar-refractivity contribution in [2.45, 2.75) is 58.5 Å². The third-order valence-electron chi connectivity index (χ3n) is 8.90. The van der Waals surface area contributed by atoms with E-state index in [4.69, 9.17) is 21.3 Å². The number of ether oxygens (including phenoxy) is 1. The van der Waals surface area contributed by atoms with Crippen molar-refractivity contribution >= 4 is 46.0 Å². The first-order chi connectivity index (χ1) is 22.3. The number of piperazine rings is 1. The van der Waals surface area contributed by atoms with Crippen LogP contribution < -0.4 is 20.1 Å². The fourth-order valence-corrected chi connectivity index (χ4v) is 6.90. The molecule has 2 atom stereocenters. The second-order valence-electron chi connectivity index (χ2n) is 12.5. The fraction of sp³-hybridized carbons (Fsp3) is 0.394. The van der Waals surface area contributed by atoms with Crippen LogP contribution >= 0.6 is 11.6 Å². The number of anilines is 2. The van der Waals surface area contributed by atoms with Crippen molar-refractivity contribution in [2.24, 2.45) is 0 Å². The summed E-state index contributed by atoms with van der Waals surface area (Å²) in [7, 11) is 2.91. The first-order valence-corrected chi connectivity index (χ1v) is 15.7. The zero-order valence-corrected chi connectivity index (χ0v) is 27.8. The maximum Gasteiger partial charge on any atom is 0.407 e. The molecule has 0 saturated carbocycles. The Hall–Kier alpha value is -4.78. The fourth-order valence-electron chi connectivity index (χ4n) is 6.65. The van der Waals surface area contributed by atoms with Crippen LogP contribution in [0.15, 0.2) is 35.4 Å². The number of hydrogen-bond acceptors (Lipinski definition) is 8. The van der Waals surface area contributed by atoms with Crippen LogP contribution in [0.25, 0.3) is 28.0 Å². The van der Waals surface area contributed by atoms with Crippen LogP contribution in [-0.2, 0) is 4.79 Å². The van der Waals surface area contributed by atoms with Crippen molar-refractivity contribution in [3.05, 3.63) is 63.2 Å². The number of carboxylic acid groups (broad SMARTS) is 1. The molecule has 1 N–H and O–H groups in total. The Morgan fingerprint density at radius 3 is 2.32 bits per heavy atom. The molecule has 2 aliphatic heterocycles. The van der Waals surface area contributed by atoms with Gasteiger partial charge in [0.25, 0.3) is 11.5 Å². The topological polar surface area (TPSA) is 134 Å². The number of halogens is 2. The van der Waals surface area contributed by atoms with Crippen LogP contribution in [0.1, 0.15) is 57.8 Å². The number of benzene rings is 1. The summed E-state index contributed by atoms with van der Waals surface area (Å²) in [6, 6.07) is 4.58. The molecule has 2 amide bonds. The summed E-state index contributed by atoms with van der Waals surface area (Å²) in [6.07, 6.45) is 0.321. The van der Waals surface area contributed by atoms with Gasteiger partial charge in [-0.05, 0) is 37.0 Å². The molecular weight excluding hydrogens is 629 g/mol. The predicted molar refractivity (Wildman–Crippen MR) is 177 cm³/mol. The van der Waals surface area contributed by atoms with Gasteiger partial charge < -0.3 is 24.5 Å². The van der Waals surface area contributed by atoms with Crippen LogP contribution in [0.2, 0.25) is 5.02 Å². The van der Waals surface area contributed by atoms with E-state index in [0.717, 1.165) is 0 Å². The number of amides is 2. The van der Waals surface area contributed by atoms with E-state index in [9.17, 15) is 19.5 Å². The number of fused-ring (bicyclic) bond motifs is 5. The minimum Gasteiger partial charge on any atom is -0.496 e. The molecule has 1 saturated heterocycles. The monoisotopic (exact) mass is 663 g/mol. The molecule has 4 aromatic rings. The lowest BCUT2D eigenvalue weighted by Crippen LogP contribution is -2.66. The van der Waals surface area contributed by atoms with E-state index >= 15 is 4.39 Å².